The minimum atomic E-state index is -0.582. The van der Waals surface area contributed by atoms with Gasteiger partial charge in [-0.05, 0) is 31.9 Å². The average molecular weight is 429 g/mol. The number of ether oxygens (including phenoxy) is 1. The van der Waals surface area contributed by atoms with Crippen LogP contribution in [0.25, 0.3) is 0 Å². The lowest BCUT2D eigenvalue weighted by molar-refractivity contribution is -0.127. The summed E-state index contributed by atoms with van der Waals surface area (Å²) in [4.78, 5) is 33.8. The van der Waals surface area contributed by atoms with Crippen molar-refractivity contribution in [2.24, 2.45) is 5.92 Å². The van der Waals surface area contributed by atoms with E-state index in [0.717, 1.165) is 22.5 Å². The Balaban J connectivity index is 1.49. The van der Waals surface area contributed by atoms with E-state index < -0.39 is 6.09 Å². The van der Waals surface area contributed by atoms with E-state index in [1.165, 1.54) is 0 Å². The molecule has 2 aliphatic carbocycles. The van der Waals surface area contributed by atoms with Gasteiger partial charge in [0.2, 0.25) is 0 Å². The summed E-state index contributed by atoms with van der Waals surface area (Å²) >= 11 is 6.25. The van der Waals surface area contributed by atoms with Crippen LogP contribution in [0.5, 0.6) is 0 Å². The monoisotopic (exact) mass is 428 g/mol. The molecule has 0 aromatic carbocycles. The molecule has 1 N–H and O–H groups in total. The van der Waals surface area contributed by atoms with Crippen LogP contribution in [0.4, 0.5) is 10.6 Å². The standard InChI is InChI=1S/C22H25ClN4O3/c1-4-30-22(29)25-19-16(6-5-15-17(19)18(15)23)21(28)27-9-7-26(8-10-27)20-14(3)11-13(2)12-24-20/h5-6,11-12,15H,4,7-10H2,1-3H3,(H,25,29). The number of anilines is 1. The van der Waals surface area contributed by atoms with Crippen molar-refractivity contribution >= 4 is 29.4 Å². The first-order valence-corrected chi connectivity index (χ1v) is 10.5. The van der Waals surface area contributed by atoms with Gasteiger partial charge in [0.05, 0.1) is 17.9 Å². The van der Waals surface area contributed by atoms with E-state index >= 15 is 0 Å². The molecule has 7 nitrogen and oxygen atoms in total. The van der Waals surface area contributed by atoms with E-state index in [1.807, 2.05) is 24.1 Å². The van der Waals surface area contributed by atoms with Gasteiger partial charge in [-0.1, -0.05) is 29.8 Å². The first-order valence-electron chi connectivity index (χ1n) is 10.1. The fourth-order valence-electron chi connectivity index (χ4n) is 4.00. The van der Waals surface area contributed by atoms with Crippen LogP contribution in [0.2, 0.25) is 0 Å². The van der Waals surface area contributed by atoms with Gasteiger partial charge in [0.15, 0.2) is 0 Å². The molecule has 4 rings (SSSR count). The molecule has 0 saturated carbocycles. The molecule has 30 heavy (non-hydrogen) atoms. The lowest BCUT2D eigenvalue weighted by Crippen LogP contribution is -2.50. The summed E-state index contributed by atoms with van der Waals surface area (Å²) in [5.41, 5.74) is 3.98. The zero-order valence-electron chi connectivity index (χ0n) is 17.4. The Labute approximate surface area is 181 Å². The topological polar surface area (TPSA) is 74.8 Å². The number of nitrogens with zero attached hydrogens (tertiary/aromatic N) is 3. The quantitative estimate of drug-likeness (QED) is 0.797. The molecule has 2 amide bonds. The number of alkyl carbamates (subject to hydrolysis) is 1. The van der Waals surface area contributed by atoms with E-state index in [0.29, 0.717) is 42.5 Å². The molecule has 1 atom stereocenters. The highest BCUT2D eigenvalue weighted by Crippen LogP contribution is 2.50. The summed E-state index contributed by atoms with van der Waals surface area (Å²) in [5, 5.41) is 3.37. The maximum atomic E-state index is 13.3. The van der Waals surface area contributed by atoms with Crippen LogP contribution in [0.1, 0.15) is 18.1 Å². The number of carbonyl (C=O) groups excluding carboxylic acids is 2. The molecule has 8 heteroatoms. The van der Waals surface area contributed by atoms with E-state index in [4.69, 9.17) is 16.3 Å². The lowest BCUT2D eigenvalue weighted by atomic mass is 10.0. The number of pyridine rings is 1. The number of amides is 2. The van der Waals surface area contributed by atoms with Crippen molar-refractivity contribution in [3.8, 4) is 0 Å². The maximum absolute atomic E-state index is 13.3. The second kappa shape index (κ2) is 8.14. The van der Waals surface area contributed by atoms with Crippen molar-refractivity contribution in [3.05, 3.63) is 57.4 Å². The van der Waals surface area contributed by atoms with Gasteiger partial charge in [0.1, 0.15) is 5.82 Å². The molecule has 158 valence electrons. The molecule has 0 radical (unpaired) electrons. The van der Waals surface area contributed by atoms with Gasteiger partial charge in [-0.2, -0.15) is 0 Å². The molecular weight excluding hydrogens is 404 g/mol. The molecule has 1 aliphatic heterocycles. The van der Waals surface area contributed by atoms with Crippen LogP contribution in [0.15, 0.2) is 46.3 Å². The van der Waals surface area contributed by atoms with Crippen molar-refractivity contribution in [2.45, 2.75) is 20.8 Å². The Hall–Kier alpha value is -2.80. The zero-order chi connectivity index (χ0) is 21.4. The van der Waals surface area contributed by atoms with Crippen molar-refractivity contribution in [1.82, 2.24) is 15.2 Å². The van der Waals surface area contributed by atoms with Crippen molar-refractivity contribution in [1.29, 1.82) is 0 Å². The van der Waals surface area contributed by atoms with Crippen LogP contribution in [0.3, 0.4) is 0 Å². The Kier molecular flexibility index (Phi) is 5.56. The first-order chi connectivity index (χ1) is 14.4. The number of carbonyl (C=O) groups is 2. The Morgan fingerprint density at radius 1 is 1.27 bits per heavy atom. The fraction of sp³-hybridized carbons (Fsp3) is 0.409. The molecule has 0 bridgehead atoms. The van der Waals surface area contributed by atoms with Crippen LogP contribution >= 0.6 is 11.6 Å². The third kappa shape index (κ3) is 3.81. The van der Waals surface area contributed by atoms with Crippen LogP contribution in [-0.2, 0) is 9.53 Å². The lowest BCUT2D eigenvalue weighted by Gasteiger charge is -2.36. The van der Waals surface area contributed by atoms with E-state index in [2.05, 4.69) is 28.2 Å². The van der Waals surface area contributed by atoms with Gasteiger partial charge in [-0.25, -0.2) is 9.78 Å². The predicted octanol–water partition coefficient (Wildman–Crippen LogP) is 3.04. The molecule has 0 spiro atoms. The summed E-state index contributed by atoms with van der Waals surface area (Å²) < 4.78 is 4.99. The van der Waals surface area contributed by atoms with Gasteiger partial charge >= 0.3 is 6.09 Å². The minimum Gasteiger partial charge on any atom is -0.450 e. The largest absolute Gasteiger partial charge is 0.450 e. The molecule has 3 aliphatic rings. The van der Waals surface area contributed by atoms with Crippen LogP contribution < -0.4 is 10.2 Å². The number of rotatable bonds is 4. The fourth-order valence-corrected chi connectivity index (χ4v) is 4.34. The summed E-state index contributed by atoms with van der Waals surface area (Å²) in [5.74, 6) is 0.841. The summed E-state index contributed by atoms with van der Waals surface area (Å²) in [6.07, 6.45) is 4.94. The van der Waals surface area contributed by atoms with Gasteiger partial charge in [0, 0.05) is 48.9 Å². The molecule has 1 unspecified atom stereocenters. The van der Waals surface area contributed by atoms with Gasteiger partial charge in [0.25, 0.3) is 5.91 Å². The SMILES string of the molecule is CCOC(=O)NC1=C(C(=O)N2CCN(c3ncc(C)cc3C)CC2)C=CC2C(Cl)=C12. The number of fused-ring (bicyclic) bond motifs is 1. The summed E-state index contributed by atoms with van der Waals surface area (Å²) in [7, 11) is 0. The van der Waals surface area contributed by atoms with Crippen molar-refractivity contribution < 1.29 is 14.3 Å². The predicted molar refractivity (Wildman–Crippen MR) is 115 cm³/mol. The molecule has 2 heterocycles. The van der Waals surface area contributed by atoms with E-state index in [1.54, 1.807) is 13.0 Å². The summed E-state index contributed by atoms with van der Waals surface area (Å²) in [6.45, 7) is 8.63. The summed E-state index contributed by atoms with van der Waals surface area (Å²) in [6, 6.07) is 2.12. The number of aromatic nitrogens is 1. The molecule has 1 aromatic rings. The smallest absolute Gasteiger partial charge is 0.411 e. The second-order valence-corrected chi connectivity index (χ2v) is 8.07. The Morgan fingerprint density at radius 2 is 2.00 bits per heavy atom. The highest BCUT2D eigenvalue weighted by Gasteiger charge is 2.42. The van der Waals surface area contributed by atoms with Crippen LogP contribution in [0, 0.1) is 19.8 Å². The van der Waals surface area contributed by atoms with E-state index in [9.17, 15) is 9.59 Å². The molecule has 1 fully saturated rings. The van der Waals surface area contributed by atoms with Crippen LogP contribution in [-0.4, -0.2) is 54.7 Å². The Bertz CT molecular complexity index is 990. The number of aryl methyl sites for hydroxylation is 2. The number of allylic oxidation sites excluding steroid dienone is 3. The maximum Gasteiger partial charge on any atom is 0.411 e. The Morgan fingerprint density at radius 3 is 2.67 bits per heavy atom. The molecule has 1 aromatic heterocycles. The number of hydrogen-bond donors (Lipinski definition) is 1. The number of nitrogens with one attached hydrogen (secondary N) is 1. The zero-order valence-corrected chi connectivity index (χ0v) is 18.1. The number of piperazine rings is 1. The van der Waals surface area contributed by atoms with E-state index in [-0.39, 0.29) is 18.4 Å². The number of halogens is 1. The van der Waals surface area contributed by atoms with Gasteiger partial charge in [-0.15, -0.1) is 0 Å². The third-order valence-electron chi connectivity index (χ3n) is 5.54. The average Bonchev–Trinajstić information content (AvgIpc) is 3.38. The van der Waals surface area contributed by atoms with Gasteiger partial charge in [-0.3, -0.25) is 10.1 Å². The first kappa shape index (κ1) is 20.5. The number of hydrogen-bond acceptors (Lipinski definition) is 5. The normalized spacial score (nSPS) is 20.3. The minimum absolute atomic E-state index is 0.00687. The molecule has 1 saturated heterocycles. The highest BCUT2D eigenvalue weighted by molar-refractivity contribution is 6.34. The second-order valence-electron chi connectivity index (χ2n) is 7.66. The highest BCUT2D eigenvalue weighted by atomic mass is 35.5. The van der Waals surface area contributed by atoms with Crippen molar-refractivity contribution in [3.63, 3.8) is 0 Å². The van der Waals surface area contributed by atoms with Gasteiger partial charge < -0.3 is 14.5 Å². The van der Waals surface area contributed by atoms with Crippen molar-refractivity contribution in [2.75, 3.05) is 37.7 Å². The third-order valence-corrected chi connectivity index (χ3v) is 5.98. The molecular formula is C22H25ClN4O3.